The van der Waals surface area contributed by atoms with Gasteiger partial charge < -0.3 is 9.47 Å². The van der Waals surface area contributed by atoms with Crippen LogP contribution in [0.3, 0.4) is 0 Å². The van der Waals surface area contributed by atoms with Gasteiger partial charge in [-0.25, -0.2) is 0 Å². The highest BCUT2D eigenvalue weighted by molar-refractivity contribution is 5.80. The summed E-state index contributed by atoms with van der Waals surface area (Å²) in [6, 6.07) is 0. The van der Waals surface area contributed by atoms with Gasteiger partial charge in [0.05, 0.1) is 6.10 Å². The smallest absolute Gasteiger partial charge is 0.161 e. The van der Waals surface area contributed by atoms with Crippen LogP contribution in [0.25, 0.3) is 0 Å². The van der Waals surface area contributed by atoms with Crippen molar-refractivity contribution in [1.82, 2.24) is 0 Å². The van der Waals surface area contributed by atoms with Crippen LogP contribution in [-0.4, -0.2) is 24.3 Å². The van der Waals surface area contributed by atoms with E-state index in [0.717, 1.165) is 12.3 Å². The Balaban J connectivity index is 2.16. The minimum absolute atomic E-state index is 0.126. The average molecular weight is 339 g/mol. The zero-order chi connectivity index (χ0) is 18.2. The van der Waals surface area contributed by atoms with Crippen molar-refractivity contribution >= 4 is 5.78 Å². The van der Waals surface area contributed by atoms with E-state index in [9.17, 15) is 4.79 Å². The highest BCUT2D eigenvalue weighted by Gasteiger charge is 2.45. The normalized spacial score (nSPS) is 49.8. The van der Waals surface area contributed by atoms with E-state index in [2.05, 4.69) is 48.5 Å². The standard InChI is InChI=1S/C21H38O3/c1-9-18-10-11(2)12(3)14(5)20(18)24-21-16(7)13(4)15(6)19(23-21)17(8)22/h11-16,18-21H,9-10H2,1-8H3/t11?,12?,13-,14-,15+,16?,18?,19?,20-,21+/m1/s1. The van der Waals surface area contributed by atoms with Crippen LogP contribution < -0.4 is 0 Å². The molecule has 0 aromatic carbocycles. The molecule has 2 rings (SSSR count). The first-order valence-corrected chi connectivity index (χ1v) is 10.00. The lowest BCUT2D eigenvalue weighted by molar-refractivity contribution is -0.277. The van der Waals surface area contributed by atoms with Gasteiger partial charge in [0, 0.05) is 5.92 Å². The average Bonchev–Trinajstić information content (AvgIpc) is 2.54. The monoisotopic (exact) mass is 338 g/mol. The fourth-order valence-corrected chi connectivity index (χ4v) is 4.88. The molecule has 0 N–H and O–H groups in total. The van der Waals surface area contributed by atoms with Crippen LogP contribution in [0.1, 0.15) is 68.2 Å². The number of ketones is 1. The lowest BCUT2D eigenvalue weighted by Gasteiger charge is -2.48. The number of hydrogen-bond acceptors (Lipinski definition) is 3. The second kappa shape index (κ2) is 7.86. The maximum atomic E-state index is 12.0. The second-order valence-corrected chi connectivity index (χ2v) is 8.81. The van der Waals surface area contributed by atoms with Crippen LogP contribution in [0.4, 0.5) is 0 Å². The summed E-state index contributed by atoms with van der Waals surface area (Å²) in [5.74, 6) is 3.65. The molecule has 2 aliphatic rings. The number of carbonyl (C=O) groups excluding carboxylic acids is 1. The van der Waals surface area contributed by atoms with Gasteiger partial charge in [-0.05, 0) is 48.9 Å². The highest BCUT2D eigenvalue weighted by Crippen LogP contribution is 2.44. The summed E-state index contributed by atoms with van der Waals surface area (Å²) < 4.78 is 12.8. The third-order valence-corrected chi connectivity index (χ3v) is 7.45. The first kappa shape index (κ1) is 19.9. The minimum atomic E-state index is -0.323. The Kier molecular flexibility index (Phi) is 6.52. The van der Waals surface area contributed by atoms with Crippen LogP contribution in [0.5, 0.6) is 0 Å². The molecule has 1 aliphatic heterocycles. The van der Waals surface area contributed by atoms with E-state index >= 15 is 0 Å². The van der Waals surface area contributed by atoms with Crippen LogP contribution in [0.15, 0.2) is 0 Å². The van der Waals surface area contributed by atoms with Gasteiger partial charge in [0.25, 0.3) is 0 Å². The molecule has 140 valence electrons. The molecule has 0 aromatic rings. The fourth-order valence-electron chi connectivity index (χ4n) is 4.88. The molecule has 0 aromatic heterocycles. The van der Waals surface area contributed by atoms with E-state index in [1.807, 2.05) is 0 Å². The van der Waals surface area contributed by atoms with E-state index in [4.69, 9.17) is 9.47 Å². The first-order valence-electron chi connectivity index (χ1n) is 10.00. The minimum Gasteiger partial charge on any atom is -0.349 e. The topological polar surface area (TPSA) is 35.5 Å². The summed E-state index contributed by atoms with van der Waals surface area (Å²) in [5.41, 5.74) is 0. The molecular formula is C21H38O3. The molecular weight excluding hydrogens is 300 g/mol. The van der Waals surface area contributed by atoms with Gasteiger partial charge in [-0.2, -0.15) is 0 Å². The van der Waals surface area contributed by atoms with E-state index in [1.54, 1.807) is 6.92 Å². The molecule has 10 atom stereocenters. The number of Topliss-reactive ketones (excluding diaryl/α,β-unsaturated/α-hetero) is 1. The fraction of sp³-hybridized carbons (Fsp3) is 0.952. The molecule has 2 fully saturated rings. The van der Waals surface area contributed by atoms with E-state index in [-0.39, 0.29) is 30.2 Å². The van der Waals surface area contributed by atoms with Crippen LogP contribution in [0, 0.1) is 41.4 Å². The Morgan fingerprint density at radius 1 is 0.958 bits per heavy atom. The van der Waals surface area contributed by atoms with Gasteiger partial charge >= 0.3 is 0 Å². The summed E-state index contributed by atoms with van der Waals surface area (Å²) in [5, 5.41) is 0. The number of carbonyl (C=O) groups is 1. The van der Waals surface area contributed by atoms with Crippen molar-refractivity contribution in [3.8, 4) is 0 Å². The van der Waals surface area contributed by atoms with E-state index < -0.39 is 0 Å². The van der Waals surface area contributed by atoms with Crippen molar-refractivity contribution in [3.05, 3.63) is 0 Å². The Labute approximate surface area is 148 Å². The summed E-state index contributed by atoms with van der Waals surface area (Å²) in [4.78, 5) is 12.0. The largest absolute Gasteiger partial charge is 0.349 e. The molecule has 1 heterocycles. The molecule has 1 aliphatic carbocycles. The maximum absolute atomic E-state index is 12.0. The summed E-state index contributed by atoms with van der Waals surface area (Å²) in [6.45, 7) is 17.5. The van der Waals surface area contributed by atoms with Crippen LogP contribution in [0.2, 0.25) is 0 Å². The molecule has 3 nitrogen and oxygen atoms in total. The quantitative estimate of drug-likeness (QED) is 0.729. The molecule has 3 heteroatoms. The van der Waals surface area contributed by atoms with Crippen LogP contribution >= 0.6 is 0 Å². The highest BCUT2D eigenvalue weighted by atomic mass is 16.7. The van der Waals surface area contributed by atoms with Gasteiger partial charge in [0.15, 0.2) is 12.1 Å². The molecule has 1 saturated heterocycles. The number of ether oxygens (including phenoxy) is 2. The summed E-state index contributed by atoms with van der Waals surface area (Å²) in [6.07, 6.45) is 2.04. The predicted molar refractivity (Wildman–Crippen MR) is 97.6 cm³/mol. The molecule has 0 bridgehead atoms. The summed E-state index contributed by atoms with van der Waals surface area (Å²) in [7, 11) is 0. The molecule has 0 spiro atoms. The lowest BCUT2D eigenvalue weighted by Crippen LogP contribution is -2.52. The van der Waals surface area contributed by atoms with Crippen molar-refractivity contribution < 1.29 is 14.3 Å². The predicted octanol–water partition coefficient (Wildman–Crippen LogP) is 4.93. The third-order valence-electron chi connectivity index (χ3n) is 7.45. The van der Waals surface area contributed by atoms with Gasteiger partial charge in [-0.3, -0.25) is 4.79 Å². The van der Waals surface area contributed by atoms with Crippen molar-refractivity contribution in [3.63, 3.8) is 0 Å². The van der Waals surface area contributed by atoms with Crippen LogP contribution in [-0.2, 0) is 14.3 Å². The maximum Gasteiger partial charge on any atom is 0.161 e. The van der Waals surface area contributed by atoms with E-state index in [1.165, 1.54) is 6.42 Å². The lowest BCUT2D eigenvalue weighted by atomic mass is 9.67. The molecule has 5 unspecified atom stereocenters. The van der Waals surface area contributed by atoms with Gasteiger partial charge in [0.2, 0.25) is 0 Å². The molecule has 0 amide bonds. The van der Waals surface area contributed by atoms with Gasteiger partial charge in [-0.1, -0.05) is 54.9 Å². The first-order chi connectivity index (χ1) is 11.2. The van der Waals surface area contributed by atoms with E-state index in [0.29, 0.717) is 29.6 Å². The second-order valence-electron chi connectivity index (χ2n) is 8.81. The Morgan fingerprint density at radius 3 is 2.12 bits per heavy atom. The SMILES string of the molecule is CCC1CC(C)C(C)[C@@H](C)[C@H]1O[C@@H]1OC(C(C)=O)[C@@H](C)[C@@H](C)C1C. The molecule has 0 radical (unpaired) electrons. The third kappa shape index (κ3) is 3.72. The van der Waals surface area contributed by atoms with Gasteiger partial charge in [0.1, 0.15) is 6.10 Å². The number of hydrogen-bond donors (Lipinski definition) is 0. The van der Waals surface area contributed by atoms with Crippen molar-refractivity contribution in [2.75, 3.05) is 0 Å². The number of rotatable bonds is 4. The van der Waals surface area contributed by atoms with Gasteiger partial charge in [-0.15, -0.1) is 0 Å². The Morgan fingerprint density at radius 2 is 1.58 bits per heavy atom. The molecule has 1 saturated carbocycles. The zero-order valence-corrected chi connectivity index (χ0v) is 16.9. The van der Waals surface area contributed by atoms with Crippen molar-refractivity contribution in [1.29, 1.82) is 0 Å². The Bertz CT molecular complexity index is 433. The van der Waals surface area contributed by atoms with Crippen molar-refractivity contribution in [2.45, 2.75) is 86.7 Å². The van der Waals surface area contributed by atoms with Crippen molar-refractivity contribution in [2.24, 2.45) is 41.4 Å². The molecule has 24 heavy (non-hydrogen) atoms. The Hall–Kier alpha value is -0.410. The summed E-state index contributed by atoms with van der Waals surface area (Å²) >= 11 is 0. The zero-order valence-electron chi connectivity index (χ0n) is 16.9.